The van der Waals surface area contributed by atoms with Gasteiger partial charge in [0.2, 0.25) is 0 Å². The zero-order valence-electron chi connectivity index (χ0n) is 13.3. The van der Waals surface area contributed by atoms with Gasteiger partial charge in [-0.1, -0.05) is 17.8 Å². The molecule has 2 N–H and O–H groups in total. The Kier molecular flexibility index (Phi) is 5.12. The third kappa shape index (κ3) is 3.42. The van der Waals surface area contributed by atoms with Crippen LogP contribution in [0.15, 0.2) is 41.8 Å². The monoisotopic (exact) mass is 342 g/mol. The molecule has 0 aliphatic rings. The predicted octanol–water partition coefficient (Wildman–Crippen LogP) is 2.57. The van der Waals surface area contributed by atoms with Gasteiger partial charge in [-0.3, -0.25) is 4.79 Å². The number of aliphatic hydroxyl groups excluding tert-OH is 1. The van der Waals surface area contributed by atoms with Crippen LogP contribution in [0.4, 0.5) is 5.82 Å². The first-order chi connectivity index (χ1) is 11.7. The summed E-state index contributed by atoms with van der Waals surface area (Å²) in [4.78, 5) is 19.6. The molecule has 24 heavy (non-hydrogen) atoms. The van der Waals surface area contributed by atoms with Gasteiger partial charge < -0.3 is 15.0 Å². The lowest BCUT2D eigenvalue weighted by Gasteiger charge is -2.09. The van der Waals surface area contributed by atoms with E-state index in [1.54, 1.807) is 0 Å². The largest absolute Gasteiger partial charge is 0.395 e. The van der Waals surface area contributed by atoms with E-state index in [9.17, 15) is 4.79 Å². The van der Waals surface area contributed by atoms with Gasteiger partial charge >= 0.3 is 0 Å². The molecular formula is C17H18N4O2S. The Morgan fingerprint density at radius 3 is 3.00 bits per heavy atom. The van der Waals surface area contributed by atoms with E-state index in [0.29, 0.717) is 29.6 Å². The van der Waals surface area contributed by atoms with E-state index in [-0.39, 0.29) is 6.61 Å². The number of hydrogen-bond donors (Lipinski definition) is 2. The highest BCUT2D eigenvalue weighted by Gasteiger charge is 2.07. The van der Waals surface area contributed by atoms with E-state index in [1.165, 1.54) is 18.0 Å². The van der Waals surface area contributed by atoms with Crippen LogP contribution in [0.5, 0.6) is 0 Å². The summed E-state index contributed by atoms with van der Waals surface area (Å²) < 4.78 is 2.02. The Bertz CT molecular complexity index is 863. The third-order valence-corrected chi connectivity index (χ3v) is 4.30. The van der Waals surface area contributed by atoms with Gasteiger partial charge in [0.15, 0.2) is 11.4 Å². The summed E-state index contributed by atoms with van der Waals surface area (Å²) in [5.41, 5.74) is 2.63. The summed E-state index contributed by atoms with van der Waals surface area (Å²) in [5.74, 6) is 0.544. The molecule has 0 radical (unpaired) electrons. The van der Waals surface area contributed by atoms with Crippen LogP contribution in [0.3, 0.4) is 0 Å². The average Bonchev–Trinajstić information content (AvgIpc) is 3.02. The van der Waals surface area contributed by atoms with Crippen LogP contribution in [0, 0.1) is 0 Å². The van der Waals surface area contributed by atoms with Crippen molar-refractivity contribution in [3.05, 3.63) is 47.8 Å². The van der Waals surface area contributed by atoms with Crippen LogP contribution in [0.25, 0.3) is 10.9 Å². The summed E-state index contributed by atoms with van der Waals surface area (Å²) in [6, 6.07) is 8.19. The zero-order valence-corrected chi connectivity index (χ0v) is 14.1. The Labute approximate surface area is 143 Å². The van der Waals surface area contributed by atoms with Gasteiger partial charge in [-0.15, -0.1) is 0 Å². The number of nitrogens with one attached hydrogen (secondary N) is 1. The van der Waals surface area contributed by atoms with E-state index in [4.69, 9.17) is 5.11 Å². The number of anilines is 1. The molecule has 0 atom stereocenters. The van der Waals surface area contributed by atoms with Crippen LogP contribution in [0.2, 0.25) is 0 Å². The van der Waals surface area contributed by atoms with Crippen molar-refractivity contribution in [3.8, 4) is 0 Å². The molecule has 2 heterocycles. The first kappa shape index (κ1) is 16.5. The normalized spacial score (nSPS) is 10.9. The molecule has 1 aromatic carbocycles. The van der Waals surface area contributed by atoms with Crippen LogP contribution in [-0.2, 0) is 13.1 Å². The molecule has 124 valence electrons. The van der Waals surface area contributed by atoms with Crippen molar-refractivity contribution in [2.45, 2.75) is 18.2 Å². The average molecular weight is 342 g/mol. The summed E-state index contributed by atoms with van der Waals surface area (Å²) in [6.45, 7) is 1.27. The lowest BCUT2D eigenvalue weighted by Crippen LogP contribution is -2.06. The molecule has 6 nitrogen and oxygen atoms in total. The molecule has 0 amide bonds. The fourth-order valence-electron chi connectivity index (χ4n) is 2.55. The number of hydrogen-bond acceptors (Lipinski definition) is 6. The van der Waals surface area contributed by atoms with Crippen LogP contribution in [0.1, 0.15) is 15.9 Å². The lowest BCUT2D eigenvalue weighted by atomic mass is 10.1. The molecule has 0 aliphatic carbocycles. The van der Waals surface area contributed by atoms with Crippen molar-refractivity contribution in [2.24, 2.45) is 0 Å². The number of benzene rings is 1. The topological polar surface area (TPSA) is 80.0 Å². The van der Waals surface area contributed by atoms with E-state index >= 15 is 0 Å². The zero-order chi connectivity index (χ0) is 16.9. The van der Waals surface area contributed by atoms with Crippen molar-refractivity contribution < 1.29 is 9.90 Å². The second-order valence-corrected chi connectivity index (χ2v) is 6.03. The number of fused-ring (bicyclic) bond motifs is 1. The summed E-state index contributed by atoms with van der Waals surface area (Å²) >= 11 is 1.43. The number of aliphatic hydroxyl groups is 1. The molecular weight excluding hydrogens is 324 g/mol. The quantitative estimate of drug-likeness (QED) is 0.390. The standard InChI is InChI=1S/C17H18N4O2S/c1-24-17-19-10-14(11-23)16(20-17)18-9-12-2-3-15-13(8-12)4-5-21(15)6-7-22/h2-5,8,10-11,22H,6-7,9H2,1H3,(H,18,19,20). The van der Waals surface area contributed by atoms with E-state index in [2.05, 4.69) is 21.4 Å². The maximum atomic E-state index is 11.1. The molecule has 0 saturated carbocycles. The van der Waals surface area contributed by atoms with E-state index in [0.717, 1.165) is 22.8 Å². The van der Waals surface area contributed by atoms with Gasteiger partial charge in [0.1, 0.15) is 5.82 Å². The molecule has 0 aliphatic heterocycles. The fraction of sp³-hybridized carbons (Fsp3) is 0.235. The highest BCUT2D eigenvalue weighted by Crippen LogP contribution is 2.20. The summed E-state index contributed by atoms with van der Waals surface area (Å²) in [7, 11) is 0. The van der Waals surface area contributed by atoms with Gasteiger partial charge in [0.05, 0.1) is 12.2 Å². The van der Waals surface area contributed by atoms with Crippen molar-refractivity contribution in [1.29, 1.82) is 0 Å². The minimum absolute atomic E-state index is 0.118. The van der Waals surface area contributed by atoms with Crippen molar-refractivity contribution in [1.82, 2.24) is 14.5 Å². The Morgan fingerprint density at radius 1 is 1.38 bits per heavy atom. The minimum atomic E-state index is 0.118. The van der Waals surface area contributed by atoms with Crippen molar-refractivity contribution >= 4 is 34.8 Å². The summed E-state index contributed by atoms with van der Waals surface area (Å²) in [6.07, 6.45) is 6.15. The van der Waals surface area contributed by atoms with Gasteiger partial charge in [0, 0.05) is 31.0 Å². The van der Waals surface area contributed by atoms with Gasteiger partial charge in [0.25, 0.3) is 0 Å². The second kappa shape index (κ2) is 7.46. The van der Waals surface area contributed by atoms with Crippen LogP contribution in [-0.4, -0.2) is 38.8 Å². The molecule has 3 aromatic rings. The molecule has 0 unspecified atom stereocenters. The smallest absolute Gasteiger partial charge is 0.189 e. The molecule has 0 saturated heterocycles. The highest BCUT2D eigenvalue weighted by molar-refractivity contribution is 7.98. The Morgan fingerprint density at radius 2 is 2.25 bits per heavy atom. The first-order valence-corrected chi connectivity index (χ1v) is 8.76. The van der Waals surface area contributed by atoms with E-state index < -0.39 is 0 Å². The molecule has 0 bridgehead atoms. The van der Waals surface area contributed by atoms with Crippen molar-refractivity contribution in [3.63, 3.8) is 0 Å². The highest BCUT2D eigenvalue weighted by atomic mass is 32.2. The van der Waals surface area contributed by atoms with Crippen LogP contribution < -0.4 is 5.32 Å². The maximum Gasteiger partial charge on any atom is 0.189 e. The third-order valence-electron chi connectivity index (χ3n) is 3.74. The molecule has 3 rings (SSSR count). The molecule has 0 fully saturated rings. The number of rotatable bonds is 7. The maximum absolute atomic E-state index is 11.1. The molecule has 7 heteroatoms. The molecule has 0 spiro atoms. The number of aromatic nitrogens is 3. The van der Waals surface area contributed by atoms with Gasteiger partial charge in [-0.05, 0) is 35.4 Å². The molecule has 2 aromatic heterocycles. The van der Waals surface area contributed by atoms with Gasteiger partial charge in [-0.2, -0.15) is 0 Å². The lowest BCUT2D eigenvalue weighted by molar-refractivity contribution is 0.112. The van der Waals surface area contributed by atoms with E-state index in [1.807, 2.05) is 35.2 Å². The SMILES string of the molecule is CSc1ncc(C=O)c(NCc2ccc3c(ccn3CCO)c2)n1. The second-order valence-electron chi connectivity index (χ2n) is 5.26. The fourth-order valence-corrected chi connectivity index (χ4v) is 2.89. The number of nitrogens with zero attached hydrogens (tertiary/aromatic N) is 3. The Hall–Kier alpha value is -2.38. The van der Waals surface area contributed by atoms with Crippen molar-refractivity contribution in [2.75, 3.05) is 18.2 Å². The number of carbonyl (C=O) groups excluding carboxylic acids is 1. The predicted molar refractivity (Wildman–Crippen MR) is 95.6 cm³/mol. The number of thioether (sulfide) groups is 1. The Balaban J connectivity index is 1.79. The number of aldehydes is 1. The number of carbonyl (C=O) groups is 1. The van der Waals surface area contributed by atoms with Gasteiger partial charge in [-0.25, -0.2) is 9.97 Å². The summed E-state index contributed by atoms with van der Waals surface area (Å²) in [5, 5.41) is 14.0. The minimum Gasteiger partial charge on any atom is -0.395 e. The van der Waals surface area contributed by atoms with Crippen LogP contribution >= 0.6 is 11.8 Å². The first-order valence-electron chi connectivity index (χ1n) is 7.54.